The molecule has 0 aliphatic heterocycles. The highest BCUT2D eigenvalue weighted by Crippen LogP contribution is 2.12. The van der Waals surface area contributed by atoms with Gasteiger partial charge in [0.15, 0.2) is 0 Å². The summed E-state index contributed by atoms with van der Waals surface area (Å²) in [6.07, 6.45) is 1.29. The lowest BCUT2D eigenvalue weighted by Crippen LogP contribution is -2.13. The fraction of sp³-hybridized carbons (Fsp3) is 0. The SMILES string of the molecule is Nc1nncn1C(=O)c1ccc(Br)cc1. The van der Waals surface area contributed by atoms with Crippen LogP contribution in [0.2, 0.25) is 0 Å². The van der Waals surface area contributed by atoms with E-state index in [1.165, 1.54) is 10.9 Å². The maximum Gasteiger partial charge on any atom is 0.266 e. The Hall–Kier alpha value is -1.69. The quantitative estimate of drug-likeness (QED) is 0.845. The molecule has 6 heteroatoms. The third-order valence-corrected chi connectivity index (χ3v) is 2.41. The summed E-state index contributed by atoms with van der Waals surface area (Å²) in [6.45, 7) is 0. The normalized spacial score (nSPS) is 10.2. The van der Waals surface area contributed by atoms with Gasteiger partial charge in [-0.25, -0.2) is 4.57 Å². The Morgan fingerprint density at radius 2 is 2.00 bits per heavy atom. The molecule has 0 spiro atoms. The van der Waals surface area contributed by atoms with E-state index >= 15 is 0 Å². The fourth-order valence-electron chi connectivity index (χ4n) is 1.13. The summed E-state index contributed by atoms with van der Waals surface area (Å²) >= 11 is 3.29. The van der Waals surface area contributed by atoms with E-state index in [1.807, 2.05) is 0 Å². The molecule has 0 unspecified atom stereocenters. The summed E-state index contributed by atoms with van der Waals surface area (Å²) in [5.74, 6) is -0.159. The van der Waals surface area contributed by atoms with Gasteiger partial charge in [-0.2, -0.15) is 0 Å². The average molecular weight is 267 g/mol. The Kier molecular flexibility index (Phi) is 2.51. The van der Waals surface area contributed by atoms with Crippen molar-refractivity contribution in [1.82, 2.24) is 14.8 Å². The summed E-state index contributed by atoms with van der Waals surface area (Å²) in [4.78, 5) is 11.8. The zero-order valence-corrected chi connectivity index (χ0v) is 9.18. The van der Waals surface area contributed by atoms with Crippen molar-refractivity contribution >= 4 is 27.8 Å². The second-order valence-corrected chi connectivity index (χ2v) is 3.79. The topological polar surface area (TPSA) is 73.8 Å². The van der Waals surface area contributed by atoms with Crippen LogP contribution in [-0.2, 0) is 0 Å². The minimum absolute atomic E-state index is 0.0860. The molecule has 0 saturated heterocycles. The lowest BCUT2D eigenvalue weighted by molar-refractivity contribution is 0.0962. The summed E-state index contributed by atoms with van der Waals surface area (Å²) in [5, 5.41) is 7.09. The van der Waals surface area contributed by atoms with E-state index in [2.05, 4.69) is 26.1 Å². The first-order chi connectivity index (χ1) is 7.18. The van der Waals surface area contributed by atoms with Crippen LogP contribution in [0.3, 0.4) is 0 Å². The molecule has 5 nitrogen and oxygen atoms in total. The zero-order chi connectivity index (χ0) is 10.8. The van der Waals surface area contributed by atoms with Gasteiger partial charge in [0.05, 0.1) is 0 Å². The molecule has 0 saturated carbocycles. The van der Waals surface area contributed by atoms with Crippen molar-refractivity contribution in [2.24, 2.45) is 0 Å². The van der Waals surface area contributed by atoms with Crippen LogP contribution in [-0.4, -0.2) is 20.7 Å². The number of benzene rings is 1. The third-order valence-electron chi connectivity index (χ3n) is 1.88. The Morgan fingerprint density at radius 3 is 2.53 bits per heavy atom. The zero-order valence-electron chi connectivity index (χ0n) is 7.59. The molecule has 76 valence electrons. The monoisotopic (exact) mass is 266 g/mol. The van der Waals surface area contributed by atoms with Crippen LogP contribution >= 0.6 is 15.9 Å². The molecule has 0 aliphatic carbocycles. The van der Waals surface area contributed by atoms with Crippen LogP contribution in [0.15, 0.2) is 35.1 Å². The second kappa shape index (κ2) is 3.82. The Bertz CT molecular complexity index is 491. The van der Waals surface area contributed by atoms with Crippen molar-refractivity contribution in [2.75, 3.05) is 5.73 Å². The van der Waals surface area contributed by atoms with Gasteiger partial charge in [-0.05, 0) is 24.3 Å². The number of nitrogen functional groups attached to an aromatic ring is 1. The standard InChI is InChI=1S/C9H7BrN4O/c10-7-3-1-6(2-4-7)8(15)14-5-12-13-9(14)11/h1-5H,(H2,11,13). The first-order valence-corrected chi connectivity index (χ1v) is 4.93. The minimum Gasteiger partial charge on any atom is -0.368 e. The highest BCUT2D eigenvalue weighted by Gasteiger charge is 2.11. The lowest BCUT2D eigenvalue weighted by atomic mass is 10.2. The Balaban J connectivity index is 2.37. The number of halogens is 1. The maximum atomic E-state index is 11.8. The number of carbonyl (C=O) groups excluding carboxylic acids is 1. The highest BCUT2D eigenvalue weighted by atomic mass is 79.9. The molecular weight excluding hydrogens is 260 g/mol. The van der Waals surface area contributed by atoms with Crippen molar-refractivity contribution in [2.45, 2.75) is 0 Å². The summed E-state index contributed by atoms with van der Waals surface area (Å²) in [7, 11) is 0. The van der Waals surface area contributed by atoms with E-state index in [4.69, 9.17) is 5.73 Å². The van der Waals surface area contributed by atoms with Gasteiger partial charge >= 0.3 is 0 Å². The Labute approximate surface area is 94.0 Å². The Morgan fingerprint density at radius 1 is 1.33 bits per heavy atom. The first kappa shape index (κ1) is 9.85. The fourth-order valence-corrected chi connectivity index (χ4v) is 1.40. The van der Waals surface area contributed by atoms with Crippen molar-refractivity contribution < 1.29 is 4.79 Å². The van der Waals surface area contributed by atoms with E-state index in [-0.39, 0.29) is 11.9 Å². The highest BCUT2D eigenvalue weighted by molar-refractivity contribution is 9.10. The number of rotatable bonds is 1. The molecular formula is C9H7BrN4O. The molecule has 0 fully saturated rings. The number of anilines is 1. The molecule has 1 heterocycles. The molecule has 2 aromatic rings. The molecule has 1 aromatic heterocycles. The predicted molar refractivity (Wildman–Crippen MR) is 58.3 cm³/mol. The molecule has 1 aromatic carbocycles. The van der Waals surface area contributed by atoms with Gasteiger partial charge in [0.2, 0.25) is 5.95 Å². The van der Waals surface area contributed by atoms with E-state index in [0.29, 0.717) is 5.56 Å². The van der Waals surface area contributed by atoms with Crippen molar-refractivity contribution in [3.05, 3.63) is 40.6 Å². The summed E-state index contributed by atoms with van der Waals surface area (Å²) < 4.78 is 2.11. The molecule has 0 bridgehead atoms. The van der Waals surface area contributed by atoms with Crippen molar-refractivity contribution in [3.63, 3.8) is 0 Å². The van der Waals surface area contributed by atoms with Crippen LogP contribution in [0.1, 0.15) is 10.4 Å². The number of nitrogens with two attached hydrogens (primary N) is 1. The second-order valence-electron chi connectivity index (χ2n) is 2.87. The predicted octanol–water partition coefficient (Wildman–Crippen LogP) is 1.31. The summed E-state index contributed by atoms with van der Waals surface area (Å²) in [5.41, 5.74) is 6.00. The minimum atomic E-state index is -0.245. The molecule has 0 radical (unpaired) electrons. The lowest BCUT2D eigenvalue weighted by Gasteiger charge is -2.01. The number of hydrogen-bond donors (Lipinski definition) is 1. The molecule has 2 N–H and O–H groups in total. The van der Waals surface area contributed by atoms with Gasteiger partial charge in [0.25, 0.3) is 5.91 Å². The number of nitrogens with zero attached hydrogens (tertiary/aromatic N) is 3. The van der Waals surface area contributed by atoms with E-state index in [1.54, 1.807) is 24.3 Å². The van der Waals surface area contributed by atoms with Crippen LogP contribution < -0.4 is 5.73 Å². The largest absolute Gasteiger partial charge is 0.368 e. The molecule has 2 rings (SSSR count). The number of hydrogen-bond acceptors (Lipinski definition) is 4. The smallest absolute Gasteiger partial charge is 0.266 e. The van der Waals surface area contributed by atoms with Crippen LogP contribution in [0.25, 0.3) is 0 Å². The van der Waals surface area contributed by atoms with E-state index in [9.17, 15) is 4.79 Å². The van der Waals surface area contributed by atoms with Crippen LogP contribution in [0.4, 0.5) is 5.95 Å². The van der Waals surface area contributed by atoms with Crippen LogP contribution in [0, 0.1) is 0 Å². The van der Waals surface area contributed by atoms with Crippen molar-refractivity contribution in [1.29, 1.82) is 0 Å². The molecule has 15 heavy (non-hydrogen) atoms. The molecule has 0 atom stereocenters. The number of carbonyl (C=O) groups is 1. The van der Waals surface area contributed by atoms with Gasteiger partial charge in [0.1, 0.15) is 6.33 Å². The van der Waals surface area contributed by atoms with Gasteiger partial charge in [-0.3, -0.25) is 4.79 Å². The van der Waals surface area contributed by atoms with E-state index in [0.717, 1.165) is 4.47 Å². The molecule has 0 amide bonds. The number of aromatic nitrogens is 3. The molecule has 0 aliphatic rings. The third kappa shape index (κ3) is 1.89. The van der Waals surface area contributed by atoms with E-state index < -0.39 is 0 Å². The van der Waals surface area contributed by atoms with Gasteiger partial charge in [-0.1, -0.05) is 15.9 Å². The maximum absolute atomic E-state index is 11.8. The average Bonchev–Trinajstić information content (AvgIpc) is 2.65. The first-order valence-electron chi connectivity index (χ1n) is 4.14. The van der Waals surface area contributed by atoms with Gasteiger partial charge < -0.3 is 5.73 Å². The van der Waals surface area contributed by atoms with Gasteiger partial charge in [-0.15, -0.1) is 10.2 Å². The van der Waals surface area contributed by atoms with Gasteiger partial charge in [0, 0.05) is 10.0 Å². The van der Waals surface area contributed by atoms with Crippen molar-refractivity contribution in [3.8, 4) is 0 Å². The van der Waals surface area contributed by atoms with Crippen LogP contribution in [0.5, 0.6) is 0 Å². The summed E-state index contributed by atoms with van der Waals surface area (Å²) in [6, 6.07) is 6.97.